The van der Waals surface area contributed by atoms with Crippen LogP contribution in [0.25, 0.3) is 5.65 Å². The Morgan fingerprint density at radius 1 is 1.26 bits per heavy atom. The highest BCUT2D eigenvalue weighted by Crippen LogP contribution is 2.39. The fourth-order valence-corrected chi connectivity index (χ4v) is 3.12. The summed E-state index contributed by atoms with van der Waals surface area (Å²) in [5, 5.41) is 19.4. The number of aromatic nitrogens is 5. The van der Waals surface area contributed by atoms with Crippen LogP contribution in [0.2, 0.25) is 0 Å². The van der Waals surface area contributed by atoms with Crippen molar-refractivity contribution in [2.75, 3.05) is 10.6 Å². The van der Waals surface area contributed by atoms with E-state index in [0.717, 1.165) is 11.4 Å². The molecule has 3 aromatic heterocycles. The standard InChI is InChI=1S/C18H21F2N7/c1-11(2)16-24-25-17-14(22-10-12-5-3-4-6-21-12)7-15(26-27(16)17)23-13-8-18(19,20)9-13/h3-7,11,13,22H,8-10H2,1-2H3,(H,23,26). The Hall–Kier alpha value is -2.84. The van der Waals surface area contributed by atoms with Gasteiger partial charge in [-0.1, -0.05) is 19.9 Å². The van der Waals surface area contributed by atoms with Crippen LogP contribution in [-0.4, -0.2) is 36.8 Å². The molecule has 0 aliphatic heterocycles. The summed E-state index contributed by atoms with van der Waals surface area (Å²) in [4.78, 5) is 4.30. The van der Waals surface area contributed by atoms with Crippen LogP contribution in [0.4, 0.5) is 20.3 Å². The van der Waals surface area contributed by atoms with Crippen LogP contribution in [0, 0.1) is 0 Å². The normalized spacial score (nSPS) is 16.5. The predicted molar refractivity (Wildman–Crippen MR) is 98.0 cm³/mol. The first-order chi connectivity index (χ1) is 12.9. The van der Waals surface area contributed by atoms with Gasteiger partial charge in [0.2, 0.25) is 5.65 Å². The second-order valence-corrected chi connectivity index (χ2v) is 7.17. The van der Waals surface area contributed by atoms with E-state index in [2.05, 4.69) is 30.9 Å². The Bertz CT molecular complexity index is 932. The molecule has 0 unspecified atom stereocenters. The third-order valence-corrected chi connectivity index (χ3v) is 4.54. The first-order valence-electron chi connectivity index (χ1n) is 8.96. The molecule has 9 heteroatoms. The van der Waals surface area contributed by atoms with Crippen molar-refractivity contribution in [3.63, 3.8) is 0 Å². The average molecular weight is 373 g/mol. The predicted octanol–water partition coefficient (Wildman–Crippen LogP) is 3.46. The monoisotopic (exact) mass is 373 g/mol. The van der Waals surface area contributed by atoms with Crippen LogP contribution in [0.3, 0.4) is 0 Å². The van der Waals surface area contributed by atoms with Gasteiger partial charge in [-0.05, 0) is 12.1 Å². The fourth-order valence-electron chi connectivity index (χ4n) is 3.12. The van der Waals surface area contributed by atoms with E-state index in [1.54, 1.807) is 16.8 Å². The number of fused-ring (bicyclic) bond motifs is 1. The smallest absolute Gasteiger partial charge is 0.252 e. The van der Waals surface area contributed by atoms with E-state index in [9.17, 15) is 8.78 Å². The molecule has 142 valence electrons. The molecule has 1 saturated carbocycles. The van der Waals surface area contributed by atoms with Gasteiger partial charge in [-0.15, -0.1) is 15.3 Å². The van der Waals surface area contributed by atoms with E-state index in [1.807, 2.05) is 32.0 Å². The highest BCUT2D eigenvalue weighted by atomic mass is 19.3. The van der Waals surface area contributed by atoms with Crippen molar-refractivity contribution in [2.24, 2.45) is 0 Å². The molecule has 0 radical (unpaired) electrons. The first-order valence-corrected chi connectivity index (χ1v) is 8.96. The van der Waals surface area contributed by atoms with E-state index in [0.29, 0.717) is 23.8 Å². The summed E-state index contributed by atoms with van der Waals surface area (Å²) < 4.78 is 28.0. The van der Waals surface area contributed by atoms with Crippen LogP contribution < -0.4 is 10.6 Å². The lowest BCUT2D eigenvalue weighted by Gasteiger charge is -2.35. The minimum Gasteiger partial charge on any atom is -0.376 e. The van der Waals surface area contributed by atoms with Crippen LogP contribution in [0.1, 0.15) is 44.1 Å². The number of halogens is 2. The van der Waals surface area contributed by atoms with Gasteiger partial charge >= 0.3 is 0 Å². The fraction of sp³-hybridized carbons (Fsp3) is 0.444. The number of alkyl halides is 2. The van der Waals surface area contributed by atoms with Crippen molar-refractivity contribution in [3.05, 3.63) is 42.0 Å². The summed E-state index contributed by atoms with van der Waals surface area (Å²) >= 11 is 0. The SMILES string of the molecule is CC(C)c1nnc2c(NCc3ccccn3)cc(NC3CC(F)(F)C3)nn12. The zero-order chi connectivity index (χ0) is 19.0. The van der Waals surface area contributed by atoms with E-state index in [-0.39, 0.29) is 24.8 Å². The molecule has 4 rings (SSSR count). The summed E-state index contributed by atoms with van der Waals surface area (Å²) in [6.07, 6.45) is 1.38. The van der Waals surface area contributed by atoms with Crippen molar-refractivity contribution in [1.82, 2.24) is 24.8 Å². The van der Waals surface area contributed by atoms with Gasteiger partial charge in [0, 0.05) is 37.1 Å². The molecule has 0 aromatic carbocycles. The third kappa shape index (κ3) is 3.67. The molecule has 2 N–H and O–H groups in total. The van der Waals surface area contributed by atoms with Crippen molar-refractivity contribution < 1.29 is 8.78 Å². The second kappa shape index (κ2) is 6.71. The second-order valence-electron chi connectivity index (χ2n) is 7.17. The van der Waals surface area contributed by atoms with E-state index in [4.69, 9.17) is 0 Å². The molecular formula is C18H21F2N7. The van der Waals surface area contributed by atoms with Gasteiger partial charge in [-0.3, -0.25) is 4.98 Å². The van der Waals surface area contributed by atoms with E-state index < -0.39 is 5.92 Å². The van der Waals surface area contributed by atoms with Crippen molar-refractivity contribution in [3.8, 4) is 0 Å². The number of pyridine rings is 1. The Morgan fingerprint density at radius 2 is 2.07 bits per heavy atom. The molecule has 0 amide bonds. The van der Waals surface area contributed by atoms with Crippen LogP contribution in [-0.2, 0) is 6.54 Å². The Labute approximate surface area is 155 Å². The third-order valence-electron chi connectivity index (χ3n) is 4.54. The summed E-state index contributed by atoms with van der Waals surface area (Å²) in [6, 6.07) is 7.20. The topological polar surface area (TPSA) is 80.0 Å². The van der Waals surface area contributed by atoms with Gasteiger partial charge in [0.05, 0.1) is 17.9 Å². The Kier molecular flexibility index (Phi) is 4.37. The van der Waals surface area contributed by atoms with Crippen molar-refractivity contribution in [2.45, 2.75) is 51.1 Å². The van der Waals surface area contributed by atoms with Crippen molar-refractivity contribution >= 4 is 17.2 Å². The van der Waals surface area contributed by atoms with Gasteiger partial charge < -0.3 is 10.6 Å². The number of anilines is 2. The van der Waals surface area contributed by atoms with E-state index in [1.165, 1.54) is 0 Å². The summed E-state index contributed by atoms with van der Waals surface area (Å²) in [5.41, 5.74) is 2.20. The molecule has 1 aliphatic carbocycles. The number of hydrogen-bond donors (Lipinski definition) is 2. The molecule has 0 saturated heterocycles. The lowest BCUT2D eigenvalue weighted by molar-refractivity contribution is -0.0794. The highest BCUT2D eigenvalue weighted by molar-refractivity contribution is 5.70. The number of hydrogen-bond acceptors (Lipinski definition) is 6. The molecule has 1 aliphatic rings. The maximum atomic E-state index is 13.1. The van der Waals surface area contributed by atoms with Crippen LogP contribution in [0.5, 0.6) is 0 Å². The van der Waals surface area contributed by atoms with Gasteiger partial charge in [-0.2, -0.15) is 4.52 Å². The van der Waals surface area contributed by atoms with Crippen molar-refractivity contribution in [1.29, 1.82) is 0 Å². The largest absolute Gasteiger partial charge is 0.376 e. The zero-order valence-electron chi connectivity index (χ0n) is 15.2. The van der Waals surface area contributed by atoms with Gasteiger partial charge in [0.1, 0.15) is 5.82 Å². The summed E-state index contributed by atoms with van der Waals surface area (Å²) in [6.45, 7) is 4.52. The minimum absolute atomic E-state index is 0.124. The Balaban J connectivity index is 1.63. The molecule has 0 atom stereocenters. The van der Waals surface area contributed by atoms with Gasteiger partial charge in [0.25, 0.3) is 5.92 Å². The van der Waals surface area contributed by atoms with Gasteiger partial charge in [-0.25, -0.2) is 8.78 Å². The highest BCUT2D eigenvalue weighted by Gasteiger charge is 2.45. The molecule has 27 heavy (non-hydrogen) atoms. The molecule has 1 fully saturated rings. The molecule has 3 aromatic rings. The van der Waals surface area contributed by atoms with Gasteiger partial charge in [0.15, 0.2) is 5.82 Å². The summed E-state index contributed by atoms with van der Waals surface area (Å²) in [7, 11) is 0. The molecule has 7 nitrogen and oxygen atoms in total. The van der Waals surface area contributed by atoms with Crippen LogP contribution >= 0.6 is 0 Å². The molecule has 3 heterocycles. The number of rotatable bonds is 6. The van der Waals surface area contributed by atoms with E-state index >= 15 is 0 Å². The lowest BCUT2D eigenvalue weighted by atomic mass is 9.88. The maximum Gasteiger partial charge on any atom is 0.252 e. The number of nitrogens with one attached hydrogen (secondary N) is 2. The quantitative estimate of drug-likeness (QED) is 0.689. The first kappa shape index (κ1) is 17.6. The molecule has 0 spiro atoms. The Morgan fingerprint density at radius 3 is 2.74 bits per heavy atom. The average Bonchev–Trinajstić information content (AvgIpc) is 3.03. The summed E-state index contributed by atoms with van der Waals surface area (Å²) in [5.74, 6) is -1.22. The minimum atomic E-state index is -2.58. The zero-order valence-corrected chi connectivity index (χ0v) is 15.2. The lowest BCUT2D eigenvalue weighted by Crippen LogP contribution is -2.44. The molecule has 0 bridgehead atoms. The number of nitrogens with zero attached hydrogens (tertiary/aromatic N) is 5. The maximum absolute atomic E-state index is 13.1. The molecular weight excluding hydrogens is 352 g/mol. The van der Waals surface area contributed by atoms with Crippen LogP contribution in [0.15, 0.2) is 30.5 Å².